The first-order chi connectivity index (χ1) is 12.3. The van der Waals surface area contributed by atoms with Gasteiger partial charge in [-0.1, -0.05) is 6.07 Å². The topological polar surface area (TPSA) is 72.5 Å². The van der Waals surface area contributed by atoms with E-state index in [1.807, 2.05) is 12.1 Å². The summed E-state index contributed by atoms with van der Waals surface area (Å²) in [6.07, 6.45) is 8.88. The van der Waals surface area contributed by atoms with E-state index in [2.05, 4.69) is 16.1 Å². The Bertz CT molecular complexity index is 795. The Labute approximate surface area is 155 Å². The number of benzene rings is 1. The summed E-state index contributed by atoms with van der Waals surface area (Å²) in [5.74, 6) is 2.00. The third-order valence-corrected chi connectivity index (χ3v) is 7.82. The fraction of sp³-hybridized carbons (Fsp3) is 0.650. The molecule has 0 unspecified atom stereocenters. The van der Waals surface area contributed by atoms with Crippen molar-refractivity contribution in [2.75, 3.05) is 25.2 Å². The number of sulfone groups is 1. The number of hydrogen-bond acceptors (Lipinski definition) is 5. The smallest absolute Gasteiger partial charge is 0.325 e. The van der Waals surface area contributed by atoms with Gasteiger partial charge in [-0.25, -0.2) is 8.42 Å². The second kappa shape index (κ2) is 6.25. The lowest BCUT2D eigenvalue weighted by Gasteiger charge is -2.57. The molecule has 0 atom stereocenters. The summed E-state index contributed by atoms with van der Waals surface area (Å²) in [5.41, 5.74) is 1.79. The van der Waals surface area contributed by atoms with Crippen molar-refractivity contribution in [1.82, 2.24) is 0 Å². The molecular weight excluding hydrogens is 350 g/mol. The van der Waals surface area contributed by atoms with Crippen LogP contribution < -0.4 is 5.32 Å². The van der Waals surface area contributed by atoms with Crippen LogP contribution in [-0.4, -0.2) is 34.3 Å². The van der Waals surface area contributed by atoms with Crippen molar-refractivity contribution in [3.05, 3.63) is 23.8 Å². The van der Waals surface area contributed by atoms with Gasteiger partial charge in [0.2, 0.25) is 0 Å². The van der Waals surface area contributed by atoms with Gasteiger partial charge < -0.3 is 10.1 Å². The summed E-state index contributed by atoms with van der Waals surface area (Å²) < 4.78 is 29.4. The fourth-order valence-electron chi connectivity index (χ4n) is 6.01. The average Bonchev–Trinajstić information content (AvgIpc) is 2.57. The van der Waals surface area contributed by atoms with Gasteiger partial charge in [-0.2, -0.15) is 0 Å². The summed E-state index contributed by atoms with van der Waals surface area (Å²) >= 11 is 0. The molecule has 4 fully saturated rings. The number of anilines is 1. The first-order valence-electron chi connectivity index (χ1n) is 9.44. The second-order valence-electron chi connectivity index (χ2n) is 8.61. The van der Waals surface area contributed by atoms with Crippen molar-refractivity contribution in [3.63, 3.8) is 0 Å². The van der Waals surface area contributed by atoms with Gasteiger partial charge in [0.25, 0.3) is 0 Å². The number of carbonyl (C=O) groups excluding carboxylic acids is 1. The zero-order valence-electron chi connectivity index (χ0n) is 15.5. The van der Waals surface area contributed by atoms with Crippen LogP contribution in [0.25, 0.3) is 0 Å². The van der Waals surface area contributed by atoms with Gasteiger partial charge in [-0.15, -0.1) is 0 Å². The van der Waals surface area contributed by atoms with Crippen LogP contribution in [0.15, 0.2) is 23.1 Å². The highest BCUT2D eigenvalue weighted by Gasteiger charge is 2.51. The molecule has 142 valence electrons. The molecular formula is C20H27NO4S. The van der Waals surface area contributed by atoms with Crippen LogP contribution in [0.1, 0.15) is 44.1 Å². The van der Waals surface area contributed by atoms with Crippen molar-refractivity contribution in [2.45, 2.75) is 48.8 Å². The van der Waals surface area contributed by atoms with E-state index in [0.29, 0.717) is 5.69 Å². The lowest BCUT2D eigenvalue weighted by Crippen LogP contribution is -2.48. The molecule has 4 aliphatic carbocycles. The van der Waals surface area contributed by atoms with Gasteiger partial charge in [0.1, 0.15) is 6.54 Å². The third kappa shape index (κ3) is 3.13. The highest BCUT2D eigenvalue weighted by atomic mass is 32.2. The molecule has 0 aliphatic heterocycles. The first kappa shape index (κ1) is 17.8. The van der Waals surface area contributed by atoms with Gasteiger partial charge >= 0.3 is 5.97 Å². The molecule has 1 aromatic rings. The summed E-state index contributed by atoms with van der Waals surface area (Å²) in [6, 6.07) is 5.76. The minimum atomic E-state index is -3.40. The van der Waals surface area contributed by atoms with Crippen molar-refractivity contribution in [3.8, 4) is 0 Å². The van der Waals surface area contributed by atoms with Crippen LogP contribution in [0.4, 0.5) is 5.69 Å². The van der Waals surface area contributed by atoms with Crippen molar-refractivity contribution < 1.29 is 17.9 Å². The van der Waals surface area contributed by atoms with Crippen molar-refractivity contribution in [1.29, 1.82) is 0 Å². The number of hydrogen-bond donors (Lipinski definition) is 1. The molecule has 6 heteroatoms. The maximum atomic E-state index is 12.4. The quantitative estimate of drug-likeness (QED) is 0.798. The molecule has 4 saturated carbocycles. The summed E-state index contributed by atoms with van der Waals surface area (Å²) in [6.45, 7) is -0.0459. The molecule has 5 rings (SSSR count). The molecule has 0 heterocycles. The summed E-state index contributed by atoms with van der Waals surface area (Å²) in [5, 5.41) is 2.92. The van der Waals surface area contributed by atoms with Gasteiger partial charge in [0.15, 0.2) is 9.84 Å². The van der Waals surface area contributed by atoms with Crippen LogP contribution in [0.3, 0.4) is 0 Å². The number of nitrogens with one attached hydrogen (secondary N) is 1. The maximum absolute atomic E-state index is 12.4. The maximum Gasteiger partial charge on any atom is 0.325 e. The fourth-order valence-corrected chi connectivity index (χ4v) is 6.89. The van der Waals surface area contributed by atoms with Gasteiger partial charge in [0, 0.05) is 6.26 Å². The van der Waals surface area contributed by atoms with Crippen LogP contribution in [0, 0.1) is 17.8 Å². The molecule has 0 saturated heterocycles. The van der Waals surface area contributed by atoms with E-state index in [1.165, 1.54) is 57.5 Å². The highest BCUT2D eigenvalue weighted by molar-refractivity contribution is 7.90. The molecule has 0 spiro atoms. The Balaban J connectivity index is 1.69. The molecule has 0 amide bonds. The van der Waals surface area contributed by atoms with Gasteiger partial charge in [0.05, 0.1) is 17.7 Å². The van der Waals surface area contributed by atoms with Crippen LogP contribution >= 0.6 is 0 Å². The van der Waals surface area contributed by atoms with Gasteiger partial charge in [-0.3, -0.25) is 4.79 Å². The number of carbonyl (C=O) groups is 1. The molecule has 5 nitrogen and oxygen atoms in total. The van der Waals surface area contributed by atoms with E-state index in [4.69, 9.17) is 0 Å². The summed E-state index contributed by atoms with van der Waals surface area (Å²) in [7, 11) is -2.08. The van der Waals surface area contributed by atoms with Crippen LogP contribution in [-0.2, 0) is 24.8 Å². The lowest BCUT2D eigenvalue weighted by molar-refractivity contribution is -0.138. The van der Waals surface area contributed by atoms with Crippen molar-refractivity contribution in [2.24, 2.45) is 17.8 Å². The number of ether oxygens (including phenoxy) is 1. The Morgan fingerprint density at radius 3 is 2.23 bits per heavy atom. The lowest BCUT2D eigenvalue weighted by atomic mass is 9.48. The number of rotatable bonds is 5. The zero-order valence-corrected chi connectivity index (χ0v) is 16.3. The minimum absolute atomic E-state index is 0.0459. The molecule has 0 aromatic heterocycles. The average molecular weight is 378 g/mol. The van der Waals surface area contributed by atoms with E-state index in [9.17, 15) is 13.2 Å². The Morgan fingerprint density at radius 2 is 1.73 bits per heavy atom. The summed E-state index contributed by atoms with van der Waals surface area (Å²) in [4.78, 5) is 11.7. The SMILES string of the molecule is COC(=O)CNc1ccc(C23CC4CC(CC(C4)C2)C3)cc1S(C)(=O)=O. The van der Waals surface area contributed by atoms with E-state index in [-0.39, 0.29) is 16.9 Å². The Morgan fingerprint density at radius 1 is 1.15 bits per heavy atom. The highest BCUT2D eigenvalue weighted by Crippen LogP contribution is 2.60. The molecule has 1 N–H and O–H groups in total. The largest absolute Gasteiger partial charge is 0.468 e. The van der Waals surface area contributed by atoms with E-state index < -0.39 is 15.8 Å². The normalized spacial score (nSPS) is 32.5. The molecule has 26 heavy (non-hydrogen) atoms. The van der Waals surface area contributed by atoms with E-state index >= 15 is 0 Å². The monoisotopic (exact) mass is 377 g/mol. The minimum Gasteiger partial charge on any atom is -0.468 e. The molecule has 4 bridgehead atoms. The Hall–Kier alpha value is -1.56. The third-order valence-electron chi connectivity index (χ3n) is 6.68. The number of esters is 1. The van der Waals surface area contributed by atoms with E-state index in [1.54, 1.807) is 0 Å². The predicted molar refractivity (Wildman–Crippen MR) is 99.9 cm³/mol. The zero-order chi connectivity index (χ0) is 18.5. The number of methoxy groups -OCH3 is 1. The van der Waals surface area contributed by atoms with Gasteiger partial charge in [-0.05, 0) is 79.4 Å². The standard InChI is InChI=1S/C20H27NO4S/c1-25-19(22)12-21-17-4-3-16(8-18(17)26(2,23)24)20-9-13-5-14(10-20)7-15(6-13)11-20/h3-4,8,13-15,21H,5-7,9-12H2,1-2H3. The second-order valence-corrected chi connectivity index (χ2v) is 10.6. The van der Waals surface area contributed by atoms with Crippen molar-refractivity contribution >= 4 is 21.5 Å². The predicted octanol–water partition coefficient (Wildman–Crippen LogP) is 3.14. The molecule has 1 aromatic carbocycles. The van der Waals surface area contributed by atoms with Crippen LogP contribution in [0.5, 0.6) is 0 Å². The first-order valence-corrected chi connectivity index (χ1v) is 11.3. The molecule has 4 aliphatic rings. The van der Waals surface area contributed by atoms with E-state index in [0.717, 1.165) is 17.8 Å². The van der Waals surface area contributed by atoms with Crippen LogP contribution in [0.2, 0.25) is 0 Å². The molecule has 0 radical (unpaired) electrons. The Kier molecular flexibility index (Phi) is 4.29.